The lowest BCUT2D eigenvalue weighted by atomic mass is 10.2. The van der Waals surface area contributed by atoms with Crippen LogP contribution < -0.4 is 10.1 Å². The molecule has 21 heavy (non-hydrogen) atoms. The van der Waals surface area contributed by atoms with Crippen LogP contribution in [0.5, 0.6) is 5.88 Å². The Labute approximate surface area is 128 Å². The van der Waals surface area contributed by atoms with E-state index in [1.807, 2.05) is 26.0 Å². The number of nitrogens with one attached hydrogen (secondary N) is 2. The number of H-pyrrole nitrogens is 1. The lowest BCUT2D eigenvalue weighted by Crippen LogP contribution is -2.23. The second-order valence-electron chi connectivity index (χ2n) is 4.76. The van der Waals surface area contributed by atoms with Crippen molar-refractivity contribution in [3.8, 4) is 5.88 Å². The van der Waals surface area contributed by atoms with Gasteiger partial charge >= 0.3 is 0 Å². The highest BCUT2D eigenvalue weighted by Gasteiger charge is 2.07. The summed E-state index contributed by atoms with van der Waals surface area (Å²) in [5.41, 5.74) is 1.38. The zero-order chi connectivity index (χ0) is 15.2. The number of aromatic amines is 1. The van der Waals surface area contributed by atoms with Crippen LogP contribution in [0, 0.1) is 4.64 Å². The fourth-order valence-corrected chi connectivity index (χ4v) is 1.97. The van der Waals surface area contributed by atoms with E-state index in [0.717, 1.165) is 5.56 Å². The van der Waals surface area contributed by atoms with E-state index in [0.29, 0.717) is 22.6 Å². The van der Waals surface area contributed by atoms with Gasteiger partial charge in [-0.15, -0.1) is 0 Å². The summed E-state index contributed by atoms with van der Waals surface area (Å²) < 4.78 is 5.94. The molecule has 6 heteroatoms. The summed E-state index contributed by atoms with van der Waals surface area (Å²) >= 11 is 5.08. The number of amides is 1. The summed E-state index contributed by atoms with van der Waals surface area (Å²) in [7, 11) is 0. The van der Waals surface area contributed by atoms with Crippen LogP contribution in [0.1, 0.15) is 29.8 Å². The van der Waals surface area contributed by atoms with Crippen LogP contribution in [-0.2, 0) is 6.54 Å². The van der Waals surface area contributed by atoms with Gasteiger partial charge in [-0.25, -0.2) is 4.98 Å². The van der Waals surface area contributed by atoms with Crippen molar-refractivity contribution in [1.82, 2.24) is 15.3 Å². The average molecular weight is 303 g/mol. The molecule has 2 N–H and O–H groups in total. The predicted octanol–water partition coefficient (Wildman–Crippen LogP) is 2.86. The van der Waals surface area contributed by atoms with Gasteiger partial charge in [0.15, 0.2) is 0 Å². The Balaban J connectivity index is 2.01. The number of pyridine rings is 2. The van der Waals surface area contributed by atoms with Gasteiger partial charge in [0.05, 0.1) is 11.7 Å². The van der Waals surface area contributed by atoms with E-state index in [4.69, 9.17) is 17.0 Å². The monoisotopic (exact) mass is 303 g/mol. The summed E-state index contributed by atoms with van der Waals surface area (Å²) in [6, 6.07) is 7.07. The highest BCUT2D eigenvalue weighted by Crippen LogP contribution is 2.11. The lowest BCUT2D eigenvalue weighted by Gasteiger charge is -2.10. The third kappa shape index (κ3) is 4.39. The van der Waals surface area contributed by atoms with Crippen molar-refractivity contribution in [2.75, 3.05) is 0 Å². The molecule has 2 aromatic heterocycles. The van der Waals surface area contributed by atoms with Gasteiger partial charge in [0.25, 0.3) is 5.91 Å². The van der Waals surface area contributed by atoms with E-state index >= 15 is 0 Å². The lowest BCUT2D eigenvalue weighted by molar-refractivity contribution is 0.0950. The molecule has 2 aromatic rings. The first-order valence-electron chi connectivity index (χ1n) is 6.64. The quantitative estimate of drug-likeness (QED) is 0.834. The molecule has 2 rings (SSSR count). The number of ether oxygens (including phenoxy) is 1. The molecule has 0 aliphatic rings. The third-order valence-electron chi connectivity index (χ3n) is 2.67. The standard InChI is InChI=1S/C15H17N3O2S/c1-10(2)20-13-8-11(5-7-16-13)9-18-14(19)12-4-3-6-17-15(12)21/h3-8,10H,9H2,1-2H3,(H,17,21)(H,18,19). The minimum absolute atomic E-state index is 0.0602. The maximum Gasteiger partial charge on any atom is 0.254 e. The second-order valence-corrected chi connectivity index (χ2v) is 5.17. The summed E-state index contributed by atoms with van der Waals surface area (Å²) in [4.78, 5) is 19.0. The van der Waals surface area contributed by atoms with Gasteiger partial charge in [-0.3, -0.25) is 4.79 Å². The zero-order valence-corrected chi connectivity index (χ0v) is 12.7. The number of hydrogen-bond donors (Lipinski definition) is 2. The molecule has 0 unspecified atom stereocenters. The van der Waals surface area contributed by atoms with Crippen molar-refractivity contribution in [1.29, 1.82) is 0 Å². The van der Waals surface area contributed by atoms with E-state index in [1.165, 1.54) is 0 Å². The molecular weight excluding hydrogens is 286 g/mol. The third-order valence-corrected chi connectivity index (χ3v) is 3.01. The Kier molecular flexibility index (Phi) is 5.05. The molecule has 0 fully saturated rings. The minimum Gasteiger partial charge on any atom is -0.475 e. The normalized spacial score (nSPS) is 10.4. The largest absolute Gasteiger partial charge is 0.475 e. The molecule has 0 aliphatic carbocycles. The van der Waals surface area contributed by atoms with Crippen molar-refractivity contribution < 1.29 is 9.53 Å². The Morgan fingerprint density at radius 1 is 1.48 bits per heavy atom. The summed E-state index contributed by atoms with van der Waals surface area (Å²) in [6.45, 7) is 4.26. The summed E-state index contributed by atoms with van der Waals surface area (Å²) in [5, 5.41) is 2.83. The molecule has 0 atom stereocenters. The van der Waals surface area contributed by atoms with E-state index in [1.54, 1.807) is 24.5 Å². The van der Waals surface area contributed by atoms with Crippen molar-refractivity contribution in [2.45, 2.75) is 26.5 Å². The minimum atomic E-state index is -0.208. The highest BCUT2D eigenvalue weighted by atomic mass is 32.1. The second kappa shape index (κ2) is 6.99. The van der Waals surface area contributed by atoms with Crippen molar-refractivity contribution in [2.24, 2.45) is 0 Å². The number of rotatable bonds is 5. The van der Waals surface area contributed by atoms with Crippen molar-refractivity contribution >= 4 is 18.1 Å². The molecule has 110 valence electrons. The SMILES string of the molecule is CC(C)Oc1cc(CNC(=O)c2ccc[nH]c2=S)ccn1. The molecule has 5 nitrogen and oxygen atoms in total. The first kappa shape index (κ1) is 15.2. The molecule has 0 saturated heterocycles. The van der Waals surface area contributed by atoms with Crippen molar-refractivity contribution in [3.63, 3.8) is 0 Å². The Bertz CT molecular complexity index is 682. The van der Waals surface area contributed by atoms with Gasteiger partial charge in [0.1, 0.15) is 4.64 Å². The highest BCUT2D eigenvalue weighted by molar-refractivity contribution is 7.71. The van der Waals surface area contributed by atoms with Gasteiger partial charge in [-0.2, -0.15) is 0 Å². The van der Waals surface area contributed by atoms with Crippen molar-refractivity contribution in [3.05, 3.63) is 52.4 Å². The van der Waals surface area contributed by atoms with Crippen LogP contribution >= 0.6 is 12.2 Å². The zero-order valence-electron chi connectivity index (χ0n) is 11.9. The molecule has 0 radical (unpaired) electrons. The number of hydrogen-bond acceptors (Lipinski definition) is 4. The molecule has 0 aromatic carbocycles. The fraction of sp³-hybridized carbons (Fsp3) is 0.267. The molecule has 0 saturated carbocycles. The van der Waals surface area contributed by atoms with Crippen LogP contribution in [0.3, 0.4) is 0 Å². The van der Waals surface area contributed by atoms with E-state index < -0.39 is 0 Å². The molecule has 2 heterocycles. The van der Waals surface area contributed by atoms with Gasteiger partial charge in [-0.1, -0.05) is 12.2 Å². The maximum absolute atomic E-state index is 12.1. The van der Waals surface area contributed by atoms with Crippen LogP contribution in [0.4, 0.5) is 0 Å². The smallest absolute Gasteiger partial charge is 0.254 e. The number of carbonyl (C=O) groups excluding carboxylic acids is 1. The average Bonchev–Trinajstić information content (AvgIpc) is 2.45. The molecule has 0 aliphatic heterocycles. The molecule has 1 amide bonds. The number of aromatic nitrogens is 2. The number of carbonyl (C=O) groups is 1. The van der Waals surface area contributed by atoms with Gasteiger partial charge in [0, 0.05) is 25.0 Å². The Hall–Kier alpha value is -2.21. The Morgan fingerprint density at radius 3 is 3.00 bits per heavy atom. The first-order chi connectivity index (χ1) is 10.1. The van der Waals surface area contributed by atoms with Gasteiger partial charge in [0.2, 0.25) is 5.88 Å². The number of nitrogens with zero attached hydrogens (tertiary/aromatic N) is 1. The molecular formula is C15H17N3O2S. The Morgan fingerprint density at radius 2 is 2.29 bits per heavy atom. The molecule has 0 bridgehead atoms. The predicted molar refractivity (Wildman–Crippen MR) is 82.8 cm³/mol. The first-order valence-corrected chi connectivity index (χ1v) is 7.04. The van der Waals surface area contributed by atoms with Gasteiger partial charge in [-0.05, 0) is 37.6 Å². The topological polar surface area (TPSA) is 67.0 Å². The summed E-state index contributed by atoms with van der Waals surface area (Å²) in [5.74, 6) is 0.341. The molecule has 0 spiro atoms. The van der Waals surface area contributed by atoms with E-state index in [2.05, 4.69) is 15.3 Å². The van der Waals surface area contributed by atoms with Crippen LogP contribution in [-0.4, -0.2) is 22.0 Å². The van der Waals surface area contributed by atoms with E-state index in [9.17, 15) is 4.79 Å². The van der Waals surface area contributed by atoms with E-state index in [-0.39, 0.29) is 12.0 Å². The van der Waals surface area contributed by atoms with Gasteiger partial charge < -0.3 is 15.0 Å². The van der Waals surface area contributed by atoms with Crippen LogP contribution in [0.25, 0.3) is 0 Å². The summed E-state index contributed by atoms with van der Waals surface area (Å²) in [6.07, 6.45) is 3.41. The van der Waals surface area contributed by atoms with Crippen LogP contribution in [0.15, 0.2) is 36.7 Å². The van der Waals surface area contributed by atoms with Crippen LogP contribution in [0.2, 0.25) is 0 Å². The maximum atomic E-state index is 12.1. The fourth-order valence-electron chi connectivity index (χ4n) is 1.74.